The molecule has 0 bridgehead atoms. The standard InChI is InChI=1S/C39H68PSi2/c1-23(2)32-19-34(25(5)6)38(35(20-32)26(7)8)41(40-42(29(13)14,30(15)16)31(17)18)39-36(27(9)10)21-33(24(3)4)22-37(39)28(11)12/h19-31,40H,1-18H3. The van der Waals surface area contributed by atoms with Crippen molar-refractivity contribution in [1.82, 2.24) is 0 Å². The van der Waals surface area contributed by atoms with Crippen LogP contribution in [0.2, 0.25) is 16.6 Å². The molecule has 0 nitrogen and oxygen atoms in total. The lowest BCUT2D eigenvalue weighted by molar-refractivity contribution is 0.810. The Balaban J connectivity index is 3.31. The second kappa shape index (κ2) is 15.1. The van der Waals surface area contributed by atoms with Gasteiger partial charge in [-0.3, -0.25) is 0 Å². The molecule has 3 heteroatoms. The maximum Gasteiger partial charge on any atom is 0.144 e. The summed E-state index contributed by atoms with van der Waals surface area (Å²) in [6, 6.07) is 10.6. The van der Waals surface area contributed by atoms with Gasteiger partial charge in [0.25, 0.3) is 0 Å². The summed E-state index contributed by atoms with van der Waals surface area (Å²) in [4.78, 5) is 0. The lowest BCUT2D eigenvalue weighted by Crippen LogP contribution is -2.53. The molecule has 0 spiro atoms. The second-order valence-corrected chi connectivity index (χ2v) is 30.4. The molecule has 0 aliphatic heterocycles. The molecular weight excluding hydrogens is 556 g/mol. The van der Waals surface area contributed by atoms with E-state index in [0.717, 1.165) is 24.3 Å². The van der Waals surface area contributed by atoms with Crippen LogP contribution < -0.4 is 10.4 Å². The molecule has 0 aromatic heterocycles. The first kappa shape index (κ1) is 37.5. The van der Waals surface area contributed by atoms with Crippen molar-refractivity contribution >= 4 is 34.3 Å². The molecule has 0 amide bonds. The predicted molar refractivity (Wildman–Crippen MR) is 202 cm³/mol. The third-order valence-electron chi connectivity index (χ3n) is 9.97. The third-order valence-corrected chi connectivity index (χ3v) is 33.4. The summed E-state index contributed by atoms with van der Waals surface area (Å²) < 4.78 is 0. The van der Waals surface area contributed by atoms with Gasteiger partial charge in [-0.25, -0.2) is 0 Å². The van der Waals surface area contributed by atoms with Crippen molar-refractivity contribution in [1.29, 1.82) is 0 Å². The van der Waals surface area contributed by atoms with E-state index in [0.29, 0.717) is 35.5 Å². The monoisotopic (exact) mass is 623 g/mol. The van der Waals surface area contributed by atoms with E-state index in [1.807, 2.05) is 0 Å². The SMILES string of the molecule is CC(C)c1cc(C(C)C)c([Si](P[Si](C(C)C)(C(C)C)C(C)C)c2c(C(C)C)cc(C(C)C)cc2C(C)C)c(C(C)C)c1. The summed E-state index contributed by atoms with van der Waals surface area (Å²) in [5, 5.41) is 3.60. The van der Waals surface area contributed by atoms with Crippen LogP contribution >= 0.6 is 7.68 Å². The summed E-state index contributed by atoms with van der Waals surface area (Å²) in [6.07, 6.45) is 0. The van der Waals surface area contributed by atoms with E-state index < -0.39 is 16.2 Å². The maximum atomic E-state index is 2.64. The molecule has 237 valence electrons. The van der Waals surface area contributed by atoms with Crippen LogP contribution in [0.5, 0.6) is 0 Å². The fourth-order valence-corrected chi connectivity index (χ4v) is 36.1. The van der Waals surface area contributed by atoms with Crippen LogP contribution in [0.4, 0.5) is 0 Å². The van der Waals surface area contributed by atoms with Gasteiger partial charge in [0.05, 0.1) is 7.74 Å². The normalized spacial score (nSPS) is 13.6. The first-order chi connectivity index (χ1) is 19.3. The minimum absolute atomic E-state index is 0.522. The number of benzene rings is 2. The van der Waals surface area contributed by atoms with Crippen LogP contribution in [0, 0.1) is 0 Å². The Morgan fingerprint density at radius 2 is 0.643 bits per heavy atom. The number of rotatable bonds is 13. The molecule has 42 heavy (non-hydrogen) atoms. The lowest BCUT2D eigenvalue weighted by atomic mass is 9.89. The number of hydrogen-bond acceptors (Lipinski definition) is 0. The molecule has 0 aliphatic rings. The fraction of sp³-hybridized carbons (Fsp3) is 0.692. The summed E-state index contributed by atoms with van der Waals surface area (Å²) in [6.45, 7) is 44.7. The van der Waals surface area contributed by atoms with E-state index in [1.54, 1.807) is 32.6 Å². The van der Waals surface area contributed by atoms with Crippen molar-refractivity contribution in [2.24, 2.45) is 0 Å². The van der Waals surface area contributed by atoms with Crippen LogP contribution in [-0.4, -0.2) is 16.2 Å². The van der Waals surface area contributed by atoms with Gasteiger partial charge in [-0.15, -0.1) is 7.68 Å². The Morgan fingerprint density at radius 3 is 0.810 bits per heavy atom. The highest BCUT2D eigenvalue weighted by molar-refractivity contribution is 8.07. The van der Waals surface area contributed by atoms with Gasteiger partial charge in [-0.2, -0.15) is 0 Å². The van der Waals surface area contributed by atoms with E-state index >= 15 is 0 Å². The Hall–Kier alpha value is -0.696. The molecule has 1 atom stereocenters. The van der Waals surface area contributed by atoms with Crippen molar-refractivity contribution in [3.63, 3.8) is 0 Å². The zero-order chi connectivity index (χ0) is 32.4. The van der Waals surface area contributed by atoms with Gasteiger partial charge < -0.3 is 0 Å². The van der Waals surface area contributed by atoms with Crippen LogP contribution in [0.1, 0.15) is 194 Å². The Labute approximate surface area is 267 Å². The first-order valence-corrected chi connectivity index (χ1v) is 24.0. The molecule has 1 radical (unpaired) electrons. The Kier molecular flexibility index (Phi) is 13.4. The molecule has 2 rings (SSSR count). The molecule has 0 N–H and O–H groups in total. The maximum absolute atomic E-state index is 2.64. The Morgan fingerprint density at radius 1 is 0.405 bits per heavy atom. The summed E-state index contributed by atoms with van der Waals surface area (Å²) in [7, 11) is -1.71. The molecule has 2 aromatic rings. The van der Waals surface area contributed by atoms with E-state index in [4.69, 9.17) is 0 Å². The van der Waals surface area contributed by atoms with Crippen molar-refractivity contribution in [2.45, 2.75) is 177 Å². The molecule has 2 aromatic carbocycles. The van der Waals surface area contributed by atoms with E-state index in [-0.39, 0.29) is 0 Å². The van der Waals surface area contributed by atoms with Gasteiger partial charge in [0.1, 0.15) is 8.46 Å². The third kappa shape index (κ3) is 7.74. The summed E-state index contributed by atoms with van der Waals surface area (Å²) in [5.74, 6) is 3.18. The average molecular weight is 624 g/mol. The lowest BCUT2D eigenvalue weighted by Gasteiger charge is -2.46. The molecular formula is C39H68PSi2. The first-order valence-electron chi connectivity index (χ1n) is 17.3. The zero-order valence-corrected chi connectivity index (χ0v) is 34.0. The van der Waals surface area contributed by atoms with Gasteiger partial charge >= 0.3 is 0 Å². The fourth-order valence-electron chi connectivity index (χ4n) is 7.39. The molecule has 0 fully saturated rings. The van der Waals surface area contributed by atoms with Gasteiger partial charge in [0.15, 0.2) is 0 Å². The van der Waals surface area contributed by atoms with Crippen molar-refractivity contribution in [3.8, 4) is 0 Å². The van der Waals surface area contributed by atoms with Gasteiger partial charge in [0, 0.05) is 0 Å². The van der Waals surface area contributed by atoms with E-state index in [2.05, 4.69) is 149 Å². The molecule has 0 saturated carbocycles. The highest BCUT2D eigenvalue weighted by atomic mass is 31.6. The van der Waals surface area contributed by atoms with E-state index in [9.17, 15) is 0 Å². The van der Waals surface area contributed by atoms with Crippen LogP contribution in [-0.2, 0) is 0 Å². The van der Waals surface area contributed by atoms with Gasteiger partial charge in [-0.05, 0) is 95.9 Å². The summed E-state index contributed by atoms with van der Waals surface area (Å²) >= 11 is 0. The Bertz CT molecular complexity index is 1010. The minimum atomic E-state index is -1.68. The quantitative estimate of drug-likeness (QED) is 0.154. The average Bonchev–Trinajstić information content (AvgIpc) is 2.87. The molecule has 1 unspecified atom stereocenters. The van der Waals surface area contributed by atoms with Crippen molar-refractivity contribution < 1.29 is 0 Å². The van der Waals surface area contributed by atoms with Crippen molar-refractivity contribution in [3.05, 3.63) is 57.6 Å². The highest BCUT2D eigenvalue weighted by Gasteiger charge is 2.47. The largest absolute Gasteiger partial charge is 0.144 e. The predicted octanol–water partition coefficient (Wildman–Crippen LogP) is 12.4. The van der Waals surface area contributed by atoms with Gasteiger partial charge in [-0.1, -0.05) is 149 Å². The summed E-state index contributed by atoms with van der Waals surface area (Å²) in [5.41, 5.74) is 12.0. The van der Waals surface area contributed by atoms with Crippen LogP contribution in [0.3, 0.4) is 0 Å². The minimum Gasteiger partial charge on any atom is -0.135 e. The zero-order valence-electron chi connectivity index (χ0n) is 31.0. The van der Waals surface area contributed by atoms with E-state index in [1.165, 1.54) is 11.1 Å². The van der Waals surface area contributed by atoms with Crippen LogP contribution in [0.25, 0.3) is 0 Å². The molecule has 0 saturated heterocycles. The van der Waals surface area contributed by atoms with Crippen molar-refractivity contribution in [2.75, 3.05) is 0 Å². The highest BCUT2D eigenvalue weighted by Crippen LogP contribution is 2.54. The smallest absolute Gasteiger partial charge is 0.135 e. The van der Waals surface area contributed by atoms with Crippen LogP contribution in [0.15, 0.2) is 24.3 Å². The van der Waals surface area contributed by atoms with Gasteiger partial charge in [0.2, 0.25) is 0 Å². The molecule has 0 aliphatic carbocycles. The number of hydrogen-bond donors (Lipinski definition) is 0. The topological polar surface area (TPSA) is 0 Å². The molecule has 0 heterocycles. The second-order valence-electron chi connectivity index (χ2n) is 16.0.